The fourth-order valence-electron chi connectivity index (χ4n) is 1.64. The molecule has 3 nitrogen and oxygen atoms in total. The SMILES string of the molecule is Oc1ccccc1C=NCC(O)c1ccc(F)cc1. The van der Waals surface area contributed by atoms with Crippen molar-refractivity contribution < 1.29 is 14.6 Å². The Labute approximate surface area is 110 Å². The molecule has 0 amide bonds. The third-order valence-corrected chi connectivity index (χ3v) is 2.70. The minimum atomic E-state index is -0.789. The van der Waals surface area contributed by atoms with E-state index in [9.17, 15) is 14.6 Å². The van der Waals surface area contributed by atoms with E-state index in [0.29, 0.717) is 11.1 Å². The van der Waals surface area contributed by atoms with Gasteiger partial charge in [-0.3, -0.25) is 4.99 Å². The third-order valence-electron chi connectivity index (χ3n) is 2.70. The minimum Gasteiger partial charge on any atom is -0.507 e. The minimum absolute atomic E-state index is 0.141. The first kappa shape index (κ1) is 13.2. The molecular weight excluding hydrogens is 245 g/mol. The van der Waals surface area contributed by atoms with Gasteiger partial charge in [-0.1, -0.05) is 24.3 Å². The molecule has 0 aromatic heterocycles. The number of halogens is 1. The molecule has 2 aromatic carbocycles. The van der Waals surface area contributed by atoms with Crippen molar-refractivity contribution in [1.29, 1.82) is 0 Å². The van der Waals surface area contributed by atoms with E-state index in [-0.39, 0.29) is 18.1 Å². The van der Waals surface area contributed by atoms with E-state index >= 15 is 0 Å². The number of phenolic OH excluding ortho intramolecular Hbond substituents is 1. The maximum atomic E-state index is 12.7. The highest BCUT2D eigenvalue weighted by atomic mass is 19.1. The average molecular weight is 259 g/mol. The summed E-state index contributed by atoms with van der Waals surface area (Å²) in [6.45, 7) is 0.153. The van der Waals surface area contributed by atoms with Gasteiger partial charge in [-0.05, 0) is 29.8 Å². The molecule has 2 N–H and O–H groups in total. The van der Waals surface area contributed by atoms with E-state index in [4.69, 9.17) is 0 Å². The van der Waals surface area contributed by atoms with E-state index in [1.165, 1.54) is 30.5 Å². The Bertz CT molecular complexity index is 567. The predicted molar refractivity (Wildman–Crippen MR) is 71.9 cm³/mol. The molecule has 0 bridgehead atoms. The van der Waals surface area contributed by atoms with Crippen LogP contribution < -0.4 is 0 Å². The summed E-state index contributed by atoms with van der Waals surface area (Å²) >= 11 is 0. The molecule has 2 aromatic rings. The molecule has 2 rings (SSSR count). The monoisotopic (exact) mass is 259 g/mol. The van der Waals surface area contributed by atoms with Gasteiger partial charge in [0.05, 0.1) is 12.6 Å². The Hall–Kier alpha value is -2.20. The van der Waals surface area contributed by atoms with Crippen LogP contribution in [0, 0.1) is 5.82 Å². The molecule has 0 radical (unpaired) electrons. The number of rotatable bonds is 4. The summed E-state index contributed by atoms with van der Waals surface area (Å²) in [5.74, 6) is -0.198. The largest absolute Gasteiger partial charge is 0.507 e. The van der Waals surface area contributed by atoms with Crippen molar-refractivity contribution in [2.75, 3.05) is 6.54 Å². The maximum absolute atomic E-state index is 12.7. The van der Waals surface area contributed by atoms with Crippen LogP contribution in [0.4, 0.5) is 4.39 Å². The number of benzene rings is 2. The third kappa shape index (κ3) is 3.63. The summed E-state index contributed by atoms with van der Waals surface area (Å²) in [5.41, 5.74) is 1.20. The van der Waals surface area contributed by atoms with Gasteiger partial charge >= 0.3 is 0 Å². The van der Waals surface area contributed by atoms with Gasteiger partial charge in [-0.25, -0.2) is 4.39 Å². The number of aromatic hydroxyl groups is 1. The van der Waals surface area contributed by atoms with Crippen molar-refractivity contribution in [1.82, 2.24) is 0 Å². The molecule has 0 aliphatic carbocycles. The summed E-state index contributed by atoms with van der Waals surface area (Å²) in [7, 11) is 0. The zero-order valence-corrected chi connectivity index (χ0v) is 10.2. The molecule has 0 heterocycles. The summed E-state index contributed by atoms with van der Waals surface area (Å²) in [4.78, 5) is 4.07. The van der Waals surface area contributed by atoms with Gasteiger partial charge in [0.1, 0.15) is 11.6 Å². The molecule has 19 heavy (non-hydrogen) atoms. The highest BCUT2D eigenvalue weighted by molar-refractivity contribution is 5.83. The van der Waals surface area contributed by atoms with Crippen LogP contribution >= 0.6 is 0 Å². The fourth-order valence-corrected chi connectivity index (χ4v) is 1.64. The quantitative estimate of drug-likeness (QED) is 0.829. The van der Waals surface area contributed by atoms with Gasteiger partial charge < -0.3 is 10.2 Å². The Morgan fingerprint density at radius 2 is 1.79 bits per heavy atom. The molecule has 1 unspecified atom stereocenters. The standard InChI is InChI=1S/C15H14FNO2/c16-13-7-5-11(6-8-13)15(19)10-17-9-12-3-1-2-4-14(12)18/h1-9,15,18-19H,10H2. The number of aliphatic imine (C=N–C) groups is 1. The Balaban J connectivity index is 1.99. The van der Waals surface area contributed by atoms with Gasteiger partial charge in [0.2, 0.25) is 0 Å². The molecule has 1 atom stereocenters. The van der Waals surface area contributed by atoms with Crippen LogP contribution in [0.1, 0.15) is 17.2 Å². The van der Waals surface area contributed by atoms with E-state index < -0.39 is 6.10 Å². The predicted octanol–water partition coefficient (Wildman–Crippen LogP) is 2.68. The normalized spacial score (nSPS) is 12.7. The molecule has 0 aliphatic heterocycles. The molecule has 4 heteroatoms. The molecule has 0 aliphatic rings. The van der Waals surface area contributed by atoms with Crippen LogP contribution in [0.25, 0.3) is 0 Å². The van der Waals surface area contributed by atoms with Crippen molar-refractivity contribution >= 4 is 6.21 Å². The van der Waals surface area contributed by atoms with Gasteiger partial charge in [-0.2, -0.15) is 0 Å². The number of phenols is 1. The first-order valence-electron chi connectivity index (χ1n) is 5.88. The lowest BCUT2D eigenvalue weighted by Crippen LogP contribution is -2.01. The topological polar surface area (TPSA) is 52.8 Å². The van der Waals surface area contributed by atoms with Crippen LogP contribution in [0.2, 0.25) is 0 Å². The Morgan fingerprint density at radius 1 is 1.11 bits per heavy atom. The van der Waals surface area contributed by atoms with Crippen molar-refractivity contribution in [3.05, 3.63) is 65.5 Å². The van der Waals surface area contributed by atoms with E-state index in [0.717, 1.165) is 0 Å². The number of hydrogen-bond donors (Lipinski definition) is 2. The molecular formula is C15H14FNO2. The van der Waals surface area contributed by atoms with E-state index in [2.05, 4.69) is 4.99 Å². The van der Waals surface area contributed by atoms with Crippen LogP contribution in [0.15, 0.2) is 53.5 Å². The van der Waals surface area contributed by atoms with E-state index in [1.54, 1.807) is 24.3 Å². The first-order valence-corrected chi connectivity index (χ1v) is 5.88. The van der Waals surface area contributed by atoms with Crippen molar-refractivity contribution in [3.63, 3.8) is 0 Å². The van der Waals surface area contributed by atoms with Gasteiger partial charge in [-0.15, -0.1) is 0 Å². The summed E-state index contributed by atoms with van der Waals surface area (Å²) in [6.07, 6.45) is 0.713. The molecule has 0 fully saturated rings. The molecule has 98 valence electrons. The smallest absolute Gasteiger partial charge is 0.124 e. The fraction of sp³-hybridized carbons (Fsp3) is 0.133. The lowest BCUT2D eigenvalue weighted by Gasteiger charge is -2.07. The van der Waals surface area contributed by atoms with Crippen LogP contribution in [0.3, 0.4) is 0 Å². The summed E-state index contributed by atoms with van der Waals surface area (Å²) < 4.78 is 12.7. The second kappa shape index (κ2) is 6.11. The second-order valence-corrected chi connectivity index (χ2v) is 4.12. The average Bonchev–Trinajstić information content (AvgIpc) is 2.41. The number of aliphatic hydroxyl groups excluding tert-OH is 1. The lowest BCUT2D eigenvalue weighted by molar-refractivity contribution is 0.187. The highest BCUT2D eigenvalue weighted by Crippen LogP contribution is 2.15. The van der Waals surface area contributed by atoms with Crippen molar-refractivity contribution in [3.8, 4) is 5.75 Å². The summed E-state index contributed by atoms with van der Waals surface area (Å²) in [6, 6.07) is 12.4. The second-order valence-electron chi connectivity index (χ2n) is 4.12. The maximum Gasteiger partial charge on any atom is 0.124 e. The van der Waals surface area contributed by atoms with Gasteiger partial charge in [0, 0.05) is 11.8 Å². The van der Waals surface area contributed by atoms with Gasteiger partial charge in [0.25, 0.3) is 0 Å². The number of nitrogens with zero attached hydrogens (tertiary/aromatic N) is 1. The number of aliphatic hydroxyl groups is 1. The molecule has 0 saturated heterocycles. The van der Waals surface area contributed by atoms with Crippen molar-refractivity contribution in [2.24, 2.45) is 4.99 Å². The lowest BCUT2D eigenvalue weighted by atomic mass is 10.1. The summed E-state index contributed by atoms with van der Waals surface area (Å²) in [5, 5.41) is 19.4. The van der Waals surface area contributed by atoms with Crippen LogP contribution in [-0.4, -0.2) is 23.0 Å². The van der Waals surface area contributed by atoms with Crippen LogP contribution in [-0.2, 0) is 0 Å². The first-order chi connectivity index (χ1) is 9.16. The highest BCUT2D eigenvalue weighted by Gasteiger charge is 2.06. The zero-order valence-electron chi connectivity index (χ0n) is 10.2. The molecule has 0 saturated carbocycles. The van der Waals surface area contributed by atoms with E-state index in [1.807, 2.05) is 0 Å². The molecule has 0 spiro atoms. The Kier molecular flexibility index (Phi) is 4.26. The number of para-hydroxylation sites is 1. The Morgan fingerprint density at radius 3 is 2.47 bits per heavy atom. The number of hydrogen-bond acceptors (Lipinski definition) is 3. The van der Waals surface area contributed by atoms with Crippen LogP contribution in [0.5, 0.6) is 5.75 Å². The van der Waals surface area contributed by atoms with Crippen molar-refractivity contribution in [2.45, 2.75) is 6.10 Å². The van der Waals surface area contributed by atoms with Gasteiger partial charge in [0.15, 0.2) is 0 Å². The zero-order chi connectivity index (χ0) is 13.7.